The summed E-state index contributed by atoms with van der Waals surface area (Å²) in [4.78, 5) is 0. The van der Waals surface area contributed by atoms with Gasteiger partial charge in [-0.25, -0.2) is 0 Å². The summed E-state index contributed by atoms with van der Waals surface area (Å²) in [7, 11) is 0. The number of alkyl halides is 3. The van der Waals surface area contributed by atoms with E-state index < -0.39 is 17.3 Å². The fraction of sp³-hybridized carbons (Fsp3) is 0.727. The zero-order chi connectivity index (χ0) is 13.4. The Kier molecular flexibility index (Phi) is 3.37. The highest BCUT2D eigenvalue weighted by Crippen LogP contribution is 2.35. The summed E-state index contributed by atoms with van der Waals surface area (Å²) in [6.45, 7) is -0.156. The molecule has 0 saturated heterocycles. The first-order chi connectivity index (χ1) is 8.34. The lowest BCUT2D eigenvalue weighted by atomic mass is 9.80. The van der Waals surface area contributed by atoms with Gasteiger partial charge in [0.15, 0.2) is 0 Å². The Balaban J connectivity index is 2.14. The van der Waals surface area contributed by atoms with Crippen LogP contribution in [-0.2, 0) is 6.18 Å². The Morgan fingerprint density at radius 3 is 2.83 bits per heavy atom. The third-order valence-corrected chi connectivity index (χ3v) is 3.47. The molecule has 1 fully saturated rings. The SMILES string of the molecule is NC1(CO)CCCC(n2cc(C(F)(F)F)cn2)C1. The molecule has 0 amide bonds. The van der Waals surface area contributed by atoms with Crippen molar-refractivity contribution in [2.75, 3.05) is 6.61 Å². The molecule has 3 N–H and O–H groups in total. The minimum Gasteiger partial charge on any atom is -0.394 e. The van der Waals surface area contributed by atoms with E-state index >= 15 is 0 Å². The van der Waals surface area contributed by atoms with Crippen LogP contribution in [0.15, 0.2) is 12.4 Å². The summed E-state index contributed by atoms with van der Waals surface area (Å²) in [5.41, 5.74) is 4.51. The van der Waals surface area contributed by atoms with Crippen LogP contribution in [0.2, 0.25) is 0 Å². The Morgan fingerprint density at radius 2 is 2.28 bits per heavy atom. The quantitative estimate of drug-likeness (QED) is 0.853. The molecule has 0 aliphatic heterocycles. The first-order valence-corrected chi connectivity index (χ1v) is 5.85. The Hall–Kier alpha value is -1.08. The van der Waals surface area contributed by atoms with E-state index in [-0.39, 0.29) is 12.6 Å². The third kappa shape index (κ3) is 2.67. The number of halogens is 3. The smallest absolute Gasteiger partial charge is 0.394 e. The summed E-state index contributed by atoms with van der Waals surface area (Å²) in [5, 5.41) is 13.0. The van der Waals surface area contributed by atoms with E-state index in [4.69, 9.17) is 5.73 Å². The van der Waals surface area contributed by atoms with Crippen molar-refractivity contribution < 1.29 is 18.3 Å². The van der Waals surface area contributed by atoms with Crippen molar-refractivity contribution in [2.45, 2.75) is 43.4 Å². The van der Waals surface area contributed by atoms with Gasteiger partial charge in [-0.05, 0) is 25.7 Å². The second-order valence-electron chi connectivity index (χ2n) is 4.98. The largest absolute Gasteiger partial charge is 0.419 e. The number of aromatic nitrogens is 2. The molecule has 4 nitrogen and oxygen atoms in total. The van der Waals surface area contributed by atoms with Crippen molar-refractivity contribution >= 4 is 0 Å². The molecule has 1 aliphatic rings. The van der Waals surface area contributed by atoms with Gasteiger partial charge in [-0.15, -0.1) is 0 Å². The van der Waals surface area contributed by atoms with E-state index in [9.17, 15) is 18.3 Å². The van der Waals surface area contributed by atoms with Crippen LogP contribution in [-0.4, -0.2) is 27.0 Å². The van der Waals surface area contributed by atoms with Crippen LogP contribution in [0.1, 0.15) is 37.3 Å². The van der Waals surface area contributed by atoms with Gasteiger partial charge < -0.3 is 10.8 Å². The van der Waals surface area contributed by atoms with E-state index in [1.54, 1.807) is 0 Å². The van der Waals surface area contributed by atoms with E-state index in [0.29, 0.717) is 12.8 Å². The first-order valence-electron chi connectivity index (χ1n) is 5.85. The highest BCUT2D eigenvalue weighted by molar-refractivity contribution is 5.09. The predicted octanol–water partition coefficient (Wildman–Crippen LogP) is 1.71. The molecule has 2 unspecified atom stereocenters. The number of nitrogens with two attached hydrogens (primary N) is 1. The van der Waals surface area contributed by atoms with Gasteiger partial charge in [0.2, 0.25) is 0 Å². The maximum atomic E-state index is 12.5. The molecule has 7 heteroatoms. The van der Waals surface area contributed by atoms with Crippen LogP contribution >= 0.6 is 0 Å². The van der Waals surface area contributed by atoms with E-state index in [1.165, 1.54) is 4.68 Å². The van der Waals surface area contributed by atoms with Crippen molar-refractivity contribution in [3.8, 4) is 0 Å². The number of hydrogen-bond donors (Lipinski definition) is 2. The number of rotatable bonds is 2. The van der Waals surface area contributed by atoms with Crippen molar-refractivity contribution in [1.82, 2.24) is 9.78 Å². The molecule has 102 valence electrons. The third-order valence-electron chi connectivity index (χ3n) is 3.47. The molecule has 0 aromatic carbocycles. The maximum absolute atomic E-state index is 12.5. The van der Waals surface area contributed by atoms with Crippen molar-refractivity contribution in [2.24, 2.45) is 5.73 Å². The number of nitrogens with zero attached hydrogens (tertiary/aromatic N) is 2. The fourth-order valence-corrected chi connectivity index (χ4v) is 2.42. The molecule has 1 heterocycles. The molecule has 2 rings (SSSR count). The predicted molar refractivity (Wildman–Crippen MR) is 58.7 cm³/mol. The lowest BCUT2D eigenvalue weighted by molar-refractivity contribution is -0.137. The molecule has 1 aromatic rings. The number of aliphatic hydroxyl groups is 1. The Morgan fingerprint density at radius 1 is 1.56 bits per heavy atom. The normalized spacial score (nSPS) is 29.5. The molecule has 18 heavy (non-hydrogen) atoms. The molecule has 1 saturated carbocycles. The Bertz CT molecular complexity index is 418. The molecule has 1 aliphatic carbocycles. The monoisotopic (exact) mass is 263 g/mol. The van der Waals surface area contributed by atoms with E-state index in [1.807, 2.05) is 0 Å². The van der Waals surface area contributed by atoms with Crippen LogP contribution in [0, 0.1) is 0 Å². The molecular formula is C11H16F3N3O. The van der Waals surface area contributed by atoms with Gasteiger partial charge >= 0.3 is 6.18 Å². The lowest BCUT2D eigenvalue weighted by Gasteiger charge is -2.36. The highest BCUT2D eigenvalue weighted by atomic mass is 19.4. The first kappa shape index (κ1) is 13.4. The summed E-state index contributed by atoms with van der Waals surface area (Å²) < 4.78 is 38.7. The Labute approximate surface area is 103 Å². The van der Waals surface area contributed by atoms with Crippen molar-refractivity contribution in [3.63, 3.8) is 0 Å². The minimum atomic E-state index is -4.37. The zero-order valence-electron chi connectivity index (χ0n) is 9.82. The number of aliphatic hydroxyl groups excluding tert-OH is 1. The molecule has 2 atom stereocenters. The highest BCUT2D eigenvalue weighted by Gasteiger charge is 2.36. The van der Waals surface area contributed by atoms with Gasteiger partial charge in [0.05, 0.1) is 24.4 Å². The average molecular weight is 263 g/mol. The van der Waals surface area contributed by atoms with Crippen LogP contribution in [0.5, 0.6) is 0 Å². The standard InChI is InChI=1S/C11H16F3N3O/c12-11(13,14)8-5-16-17(6-8)9-2-1-3-10(15,4-9)7-18/h5-6,9,18H,1-4,7,15H2. The summed E-state index contributed by atoms with van der Waals surface area (Å²) in [6, 6.07) is -0.174. The van der Waals surface area contributed by atoms with Crippen molar-refractivity contribution in [3.05, 3.63) is 18.0 Å². The average Bonchev–Trinajstić information content (AvgIpc) is 2.78. The second-order valence-corrected chi connectivity index (χ2v) is 4.98. The van der Waals surface area contributed by atoms with Gasteiger partial charge in [0.1, 0.15) is 0 Å². The second kappa shape index (κ2) is 4.55. The van der Waals surface area contributed by atoms with E-state index in [2.05, 4.69) is 5.10 Å². The summed E-state index contributed by atoms with van der Waals surface area (Å²) in [6.07, 6.45) is 0.111. The molecule has 0 spiro atoms. The summed E-state index contributed by atoms with van der Waals surface area (Å²) in [5.74, 6) is 0. The van der Waals surface area contributed by atoms with Crippen LogP contribution in [0.25, 0.3) is 0 Å². The maximum Gasteiger partial charge on any atom is 0.419 e. The van der Waals surface area contributed by atoms with Gasteiger partial charge in [0.25, 0.3) is 0 Å². The van der Waals surface area contributed by atoms with Gasteiger partial charge in [-0.1, -0.05) is 0 Å². The van der Waals surface area contributed by atoms with Crippen LogP contribution < -0.4 is 5.73 Å². The molecular weight excluding hydrogens is 247 g/mol. The molecule has 0 radical (unpaired) electrons. The zero-order valence-corrected chi connectivity index (χ0v) is 9.82. The number of hydrogen-bond acceptors (Lipinski definition) is 3. The van der Waals surface area contributed by atoms with Gasteiger partial charge in [-0.3, -0.25) is 4.68 Å². The topological polar surface area (TPSA) is 64.1 Å². The van der Waals surface area contributed by atoms with Crippen LogP contribution in [0.3, 0.4) is 0 Å². The fourth-order valence-electron chi connectivity index (χ4n) is 2.42. The van der Waals surface area contributed by atoms with Crippen LogP contribution in [0.4, 0.5) is 13.2 Å². The molecule has 0 bridgehead atoms. The van der Waals surface area contributed by atoms with Gasteiger partial charge in [-0.2, -0.15) is 18.3 Å². The van der Waals surface area contributed by atoms with Crippen molar-refractivity contribution in [1.29, 1.82) is 0 Å². The van der Waals surface area contributed by atoms with Gasteiger partial charge in [0, 0.05) is 11.7 Å². The molecule has 1 aromatic heterocycles. The summed E-state index contributed by atoms with van der Waals surface area (Å²) >= 11 is 0. The van der Waals surface area contributed by atoms with E-state index in [0.717, 1.165) is 25.2 Å². The lowest BCUT2D eigenvalue weighted by Crippen LogP contribution is -2.47. The minimum absolute atomic E-state index is 0.156.